The van der Waals surface area contributed by atoms with E-state index in [1.54, 1.807) is 6.07 Å². The van der Waals surface area contributed by atoms with Gasteiger partial charge in [0, 0.05) is 18.9 Å². The zero-order valence-electron chi connectivity index (χ0n) is 15.1. The van der Waals surface area contributed by atoms with E-state index in [4.69, 9.17) is 0 Å². The van der Waals surface area contributed by atoms with Gasteiger partial charge in [-0.25, -0.2) is 4.39 Å². The summed E-state index contributed by atoms with van der Waals surface area (Å²) >= 11 is 0. The van der Waals surface area contributed by atoms with E-state index in [1.165, 1.54) is 12.5 Å². The molecule has 24 heavy (non-hydrogen) atoms. The van der Waals surface area contributed by atoms with Crippen LogP contribution in [0.5, 0.6) is 0 Å². The molecule has 0 aliphatic heterocycles. The van der Waals surface area contributed by atoms with Crippen molar-refractivity contribution in [3.63, 3.8) is 0 Å². The summed E-state index contributed by atoms with van der Waals surface area (Å²) < 4.78 is 14.0. The Morgan fingerprint density at radius 1 is 1.17 bits per heavy atom. The number of rotatable bonds is 8. The summed E-state index contributed by atoms with van der Waals surface area (Å²) in [5, 5.41) is 11.3. The van der Waals surface area contributed by atoms with Crippen LogP contribution >= 0.6 is 12.4 Å². The second-order valence-electron chi connectivity index (χ2n) is 7.12. The molecule has 1 saturated carbocycles. The fraction of sp³-hybridized carbons (Fsp3) is 0.700. The van der Waals surface area contributed by atoms with Crippen molar-refractivity contribution in [1.29, 1.82) is 0 Å². The highest BCUT2D eigenvalue weighted by molar-refractivity contribution is 5.85. The Balaban J connectivity index is 0.00000288. The van der Waals surface area contributed by atoms with E-state index in [-0.39, 0.29) is 24.1 Å². The van der Waals surface area contributed by atoms with Gasteiger partial charge in [0.2, 0.25) is 0 Å². The molecular weight excluding hydrogens is 325 g/mol. The highest BCUT2D eigenvalue weighted by Crippen LogP contribution is 2.37. The molecule has 138 valence electrons. The van der Waals surface area contributed by atoms with Crippen LogP contribution in [0.25, 0.3) is 0 Å². The molecule has 1 aliphatic carbocycles. The Morgan fingerprint density at radius 3 is 2.46 bits per heavy atom. The van der Waals surface area contributed by atoms with Crippen molar-refractivity contribution in [2.75, 3.05) is 19.6 Å². The number of aliphatic hydroxyl groups is 1. The molecule has 1 N–H and O–H groups in total. The topological polar surface area (TPSA) is 23.5 Å². The largest absolute Gasteiger partial charge is 0.389 e. The molecule has 1 aromatic rings. The molecule has 1 aliphatic rings. The van der Waals surface area contributed by atoms with Gasteiger partial charge in [0.05, 0.1) is 5.60 Å². The second-order valence-corrected chi connectivity index (χ2v) is 7.12. The third-order valence-corrected chi connectivity index (χ3v) is 5.18. The highest BCUT2D eigenvalue weighted by atomic mass is 35.5. The first-order valence-electron chi connectivity index (χ1n) is 9.27. The molecule has 0 radical (unpaired) electrons. The third-order valence-electron chi connectivity index (χ3n) is 5.18. The normalized spacial score (nSPS) is 24.0. The maximum Gasteiger partial charge on any atom is 0.126 e. The van der Waals surface area contributed by atoms with E-state index in [0.29, 0.717) is 12.0 Å². The van der Waals surface area contributed by atoms with Gasteiger partial charge in [-0.15, -0.1) is 12.4 Å². The number of nitrogens with zero attached hydrogens (tertiary/aromatic N) is 1. The fourth-order valence-electron chi connectivity index (χ4n) is 4.00. The minimum atomic E-state index is -0.764. The molecule has 0 aromatic heterocycles. The molecule has 2 rings (SSSR count). The van der Waals surface area contributed by atoms with E-state index in [0.717, 1.165) is 51.7 Å². The van der Waals surface area contributed by atoms with Gasteiger partial charge in [-0.1, -0.05) is 44.9 Å². The number of hydrogen-bond acceptors (Lipinski definition) is 2. The SMILES string of the molecule is CCCN(CCC)C[C@@H]1CCCC[C@]1(O)Cc1ccccc1F.Cl. The van der Waals surface area contributed by atoms with Gasteiger partial charge in [0.1, 0.15) is 5.82 Å². The standard InChI is InChI=1S/C20H32FNO.ClH/c1-3-13-22(14-4-2)16-18-10-7-8-12-20(18,23)15-17-9-5-6-11-19(17)21;/h5-6,9,11,18,23H,3-4,7-8,10,12-16H2,1-2H3;1H/t18-,20-;/m0./s1. The van der Waals surface area contributed by atoms with Crippen LogP contribution in [-0.4, -0.2) is 35.2 Å². The van der Waals surface area contributed by atoms with E-state index in [9.17, 15) is 9.50 Å². The second kappa shape index (κ2) is 10.4. The minimum absolute atomic E-state index is 0. The first-order valence-corrected chi connectivity index (χ1v) is 9.27. The zero-order chi connectivity index (χ0) is 16.7. The molecule has 0 saturated heterocycles. The van der Waals surface area contributed by atoms with Crippen LogP contribution in [-0.2, 0) is 6.42 Å². The lowest BCUT2D eigenvalue weighted by Crippen LogP contribution is -2.48. The molecule has 0 heterocycles. The highest BCUT2D eigenvalue weighted by Gasteiger charge is 2.39. The molecule has 0 bridgehead atoms. The van der Waals surface area contributed by atoms with Gasteiger partial charge in [0.15, 0.2) is 0 Å². The molecule has 1 aromatic carbocycles. The summed E-state index contributed by atoms with van der Waals surface area (Å²) in [4.78, 5) is 2.47. The van der Waals surface area contributed by atoms with Gasteiger partial charge in [-0.05, 0) is 50.4 Å². The van der Waals surface area contributed by atoms with Crippen molar-refractivity contribution in [3.8, 4) is 0 Å². The molecule has 4 heteroatoms. The van der Waals surface area contributed by atoms with Crippen LogP contribution in [0.4, 0.5) is 4.39 Å². The molecule has 1 fully saturated rings. The molecule has 0 amide bonds. The third kappa shape index (κ3) is 5.72. The average molecular weight is 358 g/mol. The monoisotopic (exact) mass is 357 g/mol. The van der Waals surface area contributed by atoms with Crippen molar-refractivity contribution >= 4 is 12.4 Å². The number of benzene rings is 1. The first kappa shape index (κ1) is 21.4. The predicted octanol–water partition coefficient (Wildman–Crippen LogP) is 4.83. The van der Waals surface area contributed by atoms with Gasteiger partial charge >= 0.3 is 0 Å². The summed E-state index contributed by atoms with van der Waals surface area (Å²) in [6.45, 7) is 7.51. The minimum Gasteiger partial charge on any atom is -0.389 e. The quantitative estimate of drug-likeness (QED) is 0.720. The van der Waals surface area contributed by atoms with Gasteiger partial charge in [0.25, 0.3) is 0 Å². The van der Waals surface area contributed by atoms with Crippen LogP contribution in [0.15, 0.2) is 24.3 Å². The Morgan fingerprint density at radius 2 is 1.83 bits per heavy atom. The molecule has 0 unspecified atom stereocenters. The van der Waals surface area contributed by atoms with Crippen LogP contribution in [0.3, 0.4) is 0 Å². The predicted molar refractivity (Wildman–Crippen MR) is 101 cm³/mol. The van der Waals surface area contributed by atoms with Gasteiger partial charge < -0.3 is 10.0 Å². The van der Waals surface area contributed by atoms with Crippen molar-refractivity contribution in [2.24, 2.45) is 5.92 Å². The van der Waals surface area contributed by atoms with Crippen molar-refractivity contribution in [1.82, 2.24) is 4.90 Å². The summed E-state index contributed by atoms with van der Waals surface area (Å²) in [6.07, 6.45) is 6.78. The van der Waals surface area contributed by atoms with E-state index in [1.807, 2.05) is 12.1 Å². The van der Waals surface area contributed by atoms with Crippen molar-refractivity contribution in [2.45, 2.75) is 64.4 Å². The molecule has 2 nitrogen and oxygen atoms in total. The van der Waals surface area contributed by atoms with Crippen LogP contribution < -0.4 is 0 Å². The lowest BCUT2D eigenvalue weighted by atomic mass is 9.72. The summed E-state index contributed by atoms with van der Waals surface area (Å²) in [5.41, 5.74) is -0.111. The molecule has 2 atom stereocenters. The maximum atomic E-state index is 14.0. The lowest BCUT2D eigenvalue weighted by molar-refractivity contribution is -0.0596. The van der Waals surface area contributed by atoms with Gasteiger partial charge in [-0.2, -0.15) is 0 Å². The Kier molecular flexibility index (Phi) is 9.25. The fourth-order valence-corrected chi connectivity index (χ4v) is 4.00. The number of hydrogen-bond donors (Lipinski definition) is 1. The Bertz CT molecular complexity index is 478. The zero-order valence-corrected chi connectivity index (χ0v) is 16.0. The summed E-state index contributed by atoms with van der Waals surface area (Å²) in [7, 11) is 0. The Labute approximate surface area is 152 Å². The smallest absolute Gasteiger partial charge is 0.126 e. The lowest BCUT2D eigenvalue weighted by Gasteiger charge is -2.42. The van der Waals surface area contributed by atoms with Crippen molar-refractivity contribution in [3.05, 3.63) is 35.6 Å². The first-order chi connectivity index (χ1) is 11.1. The average Bonchev–Trinajstić information content (AvgIpc) is 2.52. The summed E-state index contributed by atoms with van der Waals surface area (Å²) in [6, 6.07) is 6.89. The van der Waals surface area contributed by atoms with Crippen molar-refractivity contribution < 1.29 is 9.50 Å². The van der Waals surface area contributed by atoms with E-state index in [2.05, 4.69) is 18.7 Å². The molecule has 0 spiro atoms. The van der Waals surface area contributed by atoms with Gasteiger partial charge in [-0.3, -0.25) is 0 Å². The summed E-state index contributed by atoms with van der Waals surface area (Å²) in [5.74, 6) is 0.0539. The number of halogens is 2. The molecular formula is C20H33ClFNO. The van der Waals surface area contributed by atoms with Crippen LogP contribution in [0, 0.1) is 11.7 Å². The van der Waals surface area contributed by atoms with E-state index >= 15 is 0 Å². The van der Waals surface area contributed by atoms with E-state index < -0.39 is 5.60 Å². The Hall–Kier alpha value is -0.640. The van der Waals surface area contributed by atoms with Crippen LogP contribution in [0.1, 0.15) is 57.9 Å². The van der Waals surface area contributed by atoms with Crippen LogP contribution in [0.2, 0.25) is 0 Å². The maximum absolute atomic E-state index is 14.0.